The molecule has 0 atom stereocenters. The summed E-state index contributed by atoms with van der Waals surface area (Å²) < 4.78 is 33.4. The molecular formula is C36H29N3O5S2. The molecule has 1 heterocycles. The molecule has 0 spiro atoms. The molecule has 6 rings (SSSR count). The van der Waals surface area contributed by atoms with Gasteiger partial charge in [0.05, 0.1) is 21.9 Å². The van der Waals surface area contributed by atoms with Crippen LogP contribution >= 0.6 is 11.8 Å². The van der Waals surface area contributed by atoms with Gasteiger partial charge in [0.25, 0.3) is 15.9 Å². The second-order valence-corrected chi connectivity index (χ2v) is 13.4. The van der Waals surface area contributed by atoms with Gasteiger partial charge in [-0.2, -0.15) is 0 Å². The Morgan fingerprint density at radius 2 is 1.54 bits per heavy atom. The zero-order valence-electron chi connectivity index (χ0n) is 24.8. The van der Waals surface area contributed by atoms with Crippen molar-refractivity contribution in [3.8, 4) is 5.75 Å². The van der Waals surface area contributed by atoms with E-state index in [0.717, 1.165) is 27.5 Å². The number of thioether (sulfide) groups is 1. The average molecular weight is 648 g/mol. The number of benzene rings is 5. The van der Waals surface area contributed by atoms with Crippen LogP contribution in [0, 0.1) is 6.92 Å². The van der Waals surface area contributed by atoms with Crippen molar-refractivity contribution < 1.29 is 22.7 Å². The molecular weight excluding hydrogens is 619 g/mol. The number of amidine groups is 1. The number of ether oxygens (including phenoxy) is 1. The Bertz CT molecular complexity index is 2090. The van der Waals surface area contributed by atoms with E-state index < -0.39 is 15.9 Å². The molecule has 1 saturated heterocycles. The largest absolute Gasteiger partial charge is 0.488 e. The first-order chi connectivity index (χ1) is 22.2. The van der Waals surface area contributed by atoms with Crippen LogP contribution in [0.25, 0.3) is 16.8 Å². The van der Waals surface area contributed by atoms with Crippen molar-refractivity contribution in [2.45, 2.75) is 24.8 Å². The van der Waals surface area contributed by atoms with Crippen molar-refractivity contribution in [1.82, 2.24) is 10.0 Å². The lowest BCUT2D eigenvalue weighted by molar-refractivity contribution is -0.118. The molecule has 5 aromatic rings. The van der Waals surface area contributed by atoms with Crippen molar-refractivity contribution >= 4 is 61.3 Å². The van der Waals surface area contributed by atoms with Gasteiger partial charge in [0.2, 0.25) is 5.91 Å². The van der Waals surface area contributed by atoms with Gasteiger partial charge in [-0.1, -0.05) is 84.4 Å². The van der Waals surface area contributed by atoms with Crippen LogP contribution in [-0.4, -0.2) is 25.4 Å². The lowest BCUT2D eigenvalue weighted by atomic mass is 10.1. The Hall–Kier alpha value is -5.19. The summed E-state index contributed by atoms with van der Waals surface area (Å²) in [5.74, 6) is -0.247. The molecule has 0 bridgehead atoms. The highest BCUT2D eigenvalue weighted by Crippen LogP contribution is 2.33. The zero-order chi connectivity index (χ0) is 32.1. The van der Waals surface area contributed by atoms with E-state index in [0.29, 0.717) is 33.7 Å². The van der Waals surface area contributed by atoms with E-state index in [1.807, 2.05) is 79.7 Å². The van der Waals surface area contributed by atoms with Crippen LogP contribution in [0.2, 0.25) is 0 Å². The summed E-state index contributed by atoms with van der Waals surface area (Å²) >= 11 is 1.22. The molecule has 46 heavy (non-hydrogen) atoms. The molecule has 2 amide bonds. The number of rotatable bonds is 9. The number of carbonyl (C=O) groups is 2. The Morgan fingerprint density at radius 1 is 0.870 bits per heavy atom. The maximum atomic E-state index is 12.9. The summed E-state index contributed by atoms with van der Waals surface area (Å²) in [5, 5.41) is 5.29. The number of nitrogens with one attached hydrogen (secondary N) is 2. The van der Waals surface area contributed by atoms with Crippen molar-refractivity contribution in [2.75, 3.05) is 0 Å². The van der Waals surface area contributed by atoms with Crippen molar-refractivity contribution in [3.63, 3.8) is 0 Å². The molecule has 1 fully saturated rings. The Morgan fingerprint density at radius 3 is 2.26 bits per heavy atom. The number of hydrogen-bond acceptors (Lipinski definition) is 7. The van der Waals surface area contributed by atoms with Crippen LogP contribution in [0.3, 0.4) is 0 Å². The fourth-order valence-electron chi connectivity index (χ4n) is 4.79. The van der Waals surface area contributed by atoms with E-state index in [-0.39, 0.29) is 17.2 Å². The summed E-state index contributed by atoms with van der Waals surface area (Å²) in [6.45, 7) is 2.24. The van der Waals surface area contributed by atoms with E-state index in [1.54, 1.807) is 36.4 Å². The van der Waals surface area contributed by atoms with Gasteiger partial charge in [-0.15, -0.1) is 0 Å². The molecule has 1 aliphatic rings. The van der Waals surface area contributed by atoms with Gasteiger partial charge in [-0.25, -0.2) is 18.1 Å². The molecule has 2 N–H and O–H groups in total. The second kappa shape index (κ2) is 13.4. The topological polar surface area (TPSA) is 114 Å². The lowest BCUT2D eigenvalue weighted by Crippen LogP contribution is -2.31. The molecule has 0 aromatic heterocycles. The first kappa shape index (κ1) is 30.8. The summed E-state index contributed by atoms with van der Waals surface area (Å²) in [6.07, 6.45) is 1.68. The first-order valence-corrected chi connectivity index (χ1v) is 16.7. The van der Waals surface area contributed by atoms with Crippen LogP contribution in [0.1, 0.15) is 22.3 Å². The normalized spacial score (nSPS) is 14.8. The van der Waals surface area contributed by atoms with Crippen molar-refractivity contribution in [3.05, 3.63) is 142 Å². The molecule has 0 unspecified atom stereocenters. The van der Waals surface area contributed by atoms with Crippen LogP contribution in [0.5, 0.6) is 5.75 Å². The summed E-state index contributed by atoms with van der Waals surface area (Å²) in [4.78, 5) is 30.5. The van der Waals surface area contributed by atoms with Gasteiger partial charge in [0.15, 0.2) is 5.17 Å². The maximum absolute atomic E-state index is 12.9. The van der Waals surface area contributed by atoms with Gasteiger partial charge < -0.3 is 10.1 Å². The third-order valence-electron chi connectivity index (χ3n) is 7.16. The third-order valence-corrected chi connectivity index (χ3v) is 9.46. The van der Waals surface area contributed by atoms with E-state index >= 15 is 0 Å². The summed E-state index contributed by atoms with van der Waals surface area (Å²) in [7, 11) is -3.96. The van der Waals surface area contributed by atoms with E-state index in [4.69, 9.17) is 4.74 Å². The van der Waals surface area contributed by atoms with E-state index in [9.17, 15) is 18.0 Å². The Kier molecular flexibility index (Phi) is 9.00. The predicted octanol–water partition coefficient (Wildman–Crippen LogP) is 6.67. The van der Waals surface area contributed by atoms with E-state index in [2.05, 4.69) is 15.0 Å². The predicted molar refractivity (Wildman–Crippen MR) is 182 cm³/mol. The standard InChI is InChI=1S/C36H29N3O5S2/c1-24-11-17-31(18-12-24)46(42,43)39-34(40)19-25-13-15-30(16-14-25)37-36-38-35(41)33(45-36)22-29-20-27-9-5-6-10-28(27)21-32(29)44-23-26-7-3-2-4-8-26/h2-18,20-22H,19,23H2,1H3,(H,39,40)(H,37,38,41). The van der Waals surface area contributed by atoms with Crippen molar-refractivity contribution in [1.29, 1.82) is 0 Å². The molecule has 0 saturated carbocycles. The van der Waals surface area contributed by atoms with Crippen LogP contribution in [0.15, 0.2) is 130 Å². The fraction of sp³-hybridized carbons (Fsp3) is 0.0833. The van der Waals surface area contributed by atoms with Crippen molar-refractivity contribution in [2.24, 2.45) is 4.99 Å². The number of aliphatic imine (C=N–C) groups is 1. The Balaban J connectivity index is 1.14. The second-order valence-electron chi connectivity index (χ2n) is 10.7. The zero-order valence-corrected chi connectivity index (χ0v) is 26.4. The molecule has 230 valence electrons. The minimum Gasteiger partial charge on any atom is -0.488 e. The number of fused-ring (bicyclic) bond motifs is 1. The fourth-order valence-corrected chi connectivity index (χ4v) is 6.60. The van der Waals surface area contributed by atoms with Gasteiger partial charge in [-0.3, -0.25) is 9.59 Å². The number of aryl methyl sites for hydroxylation is 1. The number of amides is 2. The SMILES string of the molecule is Cc1ccc(S(=O)(=O)NC(=O)Cc2ccc(N=C3NC(=O)C(=Cc4cc5ccccc5cc4OCc4ccccc4)S3)cc2)cc1. The monoisotopic (exact) mass is 647 g/mol. The van der Waals surface area contributed by atoms with Gasteiger partial charge in [0.1, 0.15) is 12.4 Å². The number of hydrogen-bond donors (Lipinski definition) is 2. The summed E-state index contributed by atoms with van der Waals surface area (Å²) in [6, 6.07) is 34.9. The molecule has 1 aliphatic heterocycles. The first-order valence-electron chi connectivity index (χ1n) is 14.4. The molecule has 0 aliphatic carbocycles. The van der Waals surface area contributed by atoms with Crippen LogP contribution < -0.4 is 14.8 Å². The maximum Gasteiger partial charge on any atom is 0.264 e. The molecule has 10 heteroatoms. The highest BCUT2D eigenvalue weighted by atomic mass is 32.2. The summed E-state index contributed by atoms with van der Waals surface area (Å²) in [5.41, 5.74) is 3.91. The lowest BCUT2D eigenvalue weighted by Gasteiger charge is -2.12. The van der Waals surface area contributed by atoms with E-state index in [1.165, 1.54) is 23.9 Å². The smallest absolute Gasteiger partial charge is 0.264 e. The van der Waals surface area contributed by atoms with Gasteiger partial charge in [-0.05, 0) is 83.1 Å². The third kappa shape index (κ3) is 7.53. The van der Waals surface area contributed by atoms with Gasteiger partial charge in [0, 0.05) is 5.56 Å². The molecule has 5 aromatic carbocycles. The number of carbonyl (C=O) groups excluding carboxylic acids is 2. The van der Waals surface area contributed by atoms with Gasteiger partial charge >= 0.3 is 0 Å². The van der Waals surface area contributed by atoms with Crippen LogP contribution in [-0.2, 0) is 32.6 Å². The number of sulfonamides is 1. The minimum absolute atomic E-state index is 0.0266. The highest BCUT2D eigenvalue weighted by molar-refractivity contribution is 8.18. The van der Waals surface area contributed by atoms with Crippen LogP contribution in [0.4, 0.5) is 5.69 Å². The highest BCUT2D eigenvalue weighted by Gasteiger charge is 2.25. The minimum atomic E-state index is -3.96. The molecule has 8 nitrogen and oxygen atoms in total. The molecule has 0 radical (unpaired) electrons. The Labute approximate surface area is 271 Å². The number of nitrogens with zero attached hydrogens (tertiary/aromatic N) is 1. The quantitative estimate of drug-likeness (QED) is 0.173. The average Bonchev–Trinajstić information content (AvgIpc) is 3.39.